The number of carboxylic acids is 2. The summed E-state index contributed by atoms with van der Waals surface area (Å²) in [5.41, 5.74) is 0.162. The largest absolute Gasteiger partial charge is 0.477 e. The molecule has 2 heterocycles. The zero-order valence-electron chi connectivity index (χ0n) is 11.5. The number of rotatable bonds is 2. The van der Waals surface area contributed by atoms with Gasteiger partial charge in [-0.25, -0.2) is 19.6 Å². The Morgan fingerprint density at radius 2 is 1.00 bits per heavy atom. The maximum Gasteiger partial charge on any atom is 0.354 e. The number of aromatic carboxylic acids is 2. The molecule has 0 fully saturated rings. The summed E-state index contributed by atoms with van der Waals surface area (Å²) in [6.45, 7) is 0. The number of aromatic nitrogens is 2. The van der Waals surface area contributed by atoms with Crippen molar-refractivity contribution in [1.29, 1.82) is 0 Å². The Labute approximate surface area is 141 Å². The number of carboxylic acid groups (broad SMARTS) is 2. The topological polar surface area (TPSA) is 226 Å². The second-order valence-corrected chi connectivity index (χ2v) is 3.04. The third-order valence-corrected chi connectivity index (χ3v) is 1.77. The SMILES string of the molecule is O.O.O.O.O=C(O)c1ccccn1.O=C(O)c1ccccn1.[Ni]. The molecule has 0 radical (unpaired) electrons. The molecule has 0 aromatic carbocycles. The molecule has 0 atom stereocenters. The molecule has 2 aromatic heterocycles. The molecule has 0 aliphatic heterocycles. The fourth-order valence-electron chi connectivity index (χ4n) is 0.979. The fraction of sp³-hybridized carbons (Fsp3) is 0. The van der Waals surface area contributed by atoms with Crippen LogP contribution in [0.4, 0.5) is 0 Å². The number of nitrogens with zero attached hydrogens (tertiary/aromatic N) is 2. The molecule has 0 saturated carbocycles. The van der Waals surface area contributed by atoms with Crippen LogP contribution >= 0.6 is 0 Å². The van der Waals surface area contributed by atoms with Crippen LogP contribution in [0, 0.1) is 0 Å². The van der Waals surface area contributed by atoms with Gasteiger partial charge in [0.15, 0.2) is 0 Å². The third-order valence-electron chi connectivity index (χ3n) is 1.77. The summed E-state index contributed by atoms with van der Waals surface area (Å²) in [6, 6.07) is 9.51. The van der Waals surface area contributed by atoms with Crippen molar-refractivity contribution in [2.45, 2.75) is 0 Å². The van der Waals surface area contributed by atoms with Crippen LogP contribution in [0.25, 0.3) is 0 Å². The molecule has 0 amide bonds. The van der Waals surface area contributed by atoms with Gasteiger partial charge < -0.3 is 32.1 Å². The molecular formula is C12H18N2NiO8. The minimum atomic E-state index is -0.990. The van der Waals surface area contributed by atoms with Gasteiger partial charge in [-0.3, -0.25) is 0 Å². The first-order valence-electron chi connectivity index (χ1n) is 4.90. The average Bonchev–Trinajstić information content (AvgIpc) is 2.41. The first-order chi connectivity index (χ1) is 8.61. The van der Waals surface area contributed by atoms with E-state index >= 15 is 0 Å². The van der Waals surface area contributed by atoms with Crippen LogP contribution in [0.2, 0.25) is 0 Å². The summed E-state index contributed by atoms with van der Waals surface area (Å²) < 4.78 is 0. The molecule has 2 aromatic rings. The van der Waals surface area contributed by atoms with Crippen LogP contribution in [-0.4, -0.2) is 54.0 Å². The molecule has 0 aliphatic rings. The molecule has 10 N–H and O–H groups in total. The van der Waals surface area contributed by atoms with Gasteiger partial charge >= 0.3 is 11.9 Å². The summed E-state index contributed by atoms with van der Waals surface area (Å²) in [6.07, 6.45) is 2.90. The van der Waals surface area contributed by atoms with E-state index in [1.54, 1.807) is 24.3 Å². The molecule has 11 heteroatoms. The molecule has 23 heavy (non-hydrogen) atoms. The zero-order chi connectivity index (χ0) is 13.4. The van der Waals surface area contributed by atoms with Crippen LogP contribution in [-0.2, 0) is 16.5 Å². The quantitative estimate of drug-likeness (QED) is 0.577. The van der Waals surface area contributed by atoms with Gasteiger partial charge in [0.2, 0.25) is 0 Å². The molecule has 134 valence electrons. The summed E-state index contributed by atoms with van der Waals surface area (Å²) >= 11 is 0. The van der Waals surface area contributed by atoms with Crippen molar-refractivity contribution in [3.63, 3.8) is 0 Å². The number of pyridine rings is 2. The number of carbonyl (C=O) groups is 2. The summed E-state index contributed by atoms with van der Waals surface area (Å²) in [5.74, 6) is -1.98. The molecule has 10 nitrogen and oxygen atoms in total. The molecule has 2 rings (SSSR count). The molecule has 0 bridgehead atoms. The van der Waals surface area contributed by atoms with Gasteiger partial charge in [-0.1, -0.05) is 12.1 Å². The second-order valence-electron chi connectivity index (χ2n) is 3.04. The van der Waals surface area contributed by atoms with E-state index in [0.29, 0.717) is 0 Å². The van der Waals surface area contributed by atoms with Crippen LogP contribution in [0.15, 0.2) is 48.8 Å². The third kappa shape index (κ3) is 13.0. The van der Waals surface area contributed by atoms with E-state index in [1.165, 1.54) is 24.5 Å². The first-order valence-corrected chi connectivity index (χ1v) is 4.90. The number of hydrogen-bond donors (Lipinski definition) is 2. The monoisotopic (exact) mass is 376 g/mol. The second kappa shape index (κ2) is 17.6. The van der Waals surface area contributed by atoms with E-state index in [9.17, 15) is 9.59 Å². The van der Waals surface area contributed by atoms with Crippen LogP contribution in [0.1, 0.15) is 21.0 Å². The van der Waals surface area contributed by atoms with E-state index in [0.717, 1.165) is 0 Å². The van der Waals surface area contributed by atoms with Crippen molar-refractivity contribution in [3.8, 4) is 0 Å². The van der Waals surface area contributed by atoms with Crippen LogP contribution in [0.3, 0.4) is 0 Å². The molecule has 0 unspecified atom stereocenters. The van der Waals surface area contributed by atoms with Gasteiger partial charge in [-0.15, -0.1) is 0 Å². The van der Waals surface area contributed by atoms with Gasteiger partial charge in [0.25, 0.3) is 0 Å². The minimum Gasteiger partial charge on any atom is -0.477 e. The van der Waals surface area contributed by atoms with Crippen molar-refractivity contribution in [2.24, 2.45) is 0 Å². The molecule has 0 spiro atoms. The Bertz CT molecular complexity index is 478. The van der Waals surface area contributed by atoms with Gasteiger partial charge in [-0.05, 0) is 24.3 Å². The Balaban J connectivity index is -0.0000000771. The van der Waals surface area contributed by atoms with Gasteiger partial charge in [0.1, 0.15) is 11.4 Å². The molecule has 0 aliphatic carbocycles. The maximum atomic E-state index is 10.1. The van der Waals surface area contributed by atoms with E-state index in [1.807, 2.05) is 0 Å². The zero-order valence-corrected chi connectivity index (χ0v) is 12.5. The first kappa shape index (κ1) is 32.5. The van der Waals surface area contributed by atoms with Crippen molar-refractivity contribution in [1.82, 2.24) is 9.97 Å². The average molecular weight is 377 g/mol. The maximum absolute atomic E-state index is 10.1. The van der Waals surface area contributed by atoms with Crippen molar-refractivity contribution in [2.75, 3.05) is 0 Å². The van der Waals surface area contributed by atoms with Crippen LogP contribution < -0.4 is 0 Å². The van der Waals surface area contributed by atoms with Gasteiger partial charge in [0, 0.05) is 28.9 Å². The summed E-state index contributed by atoms with van der Waals surface area (Å²) in [7, 11) is 0. The normalized spacial score (nSPS) is 6.96. The van der Waals surface area contributed by atoms with E-state index in [-0.39, 0.29) is 49.8 Å². The van der Waals surface area contributed by atoms with Crippen molar-refractivity contribution >= 4 is 11.9 Å². The molecular weight excluding hydrogens is 359 g/mol. The van der Waals surface area contributed by atoms with Crippen LogP contribution in [0.5, 0.6) is 0 Å². The Hall–Kier alpha value is -2.43. The standard InChI is InChI=1S/2C6H5NO2.Ni.4H2O/c2*8-6(9)5-3-1-2-4-7-5;;;;;/h2*1-4H,(H,8,9);;4*1H2. The van der Waals surface area contributed by atoms with E-state index < -0.39 is 11.9 Å². The van der Waals surface area contributed by atoms with E-state index in [2.05, 4.69) is 9.97 Å². The van der Waals surface area contributed by atoms with Gasteiger partial charge in [0.05, 0.1) is 0 Å². The number of hydrogen-bond acceptors (Lipinski definition) is 4. The molecule has 0 saturated heterocycles. The predicted octanol–water partition coefficient (Wildman–Crippen LogP) is -1.74. The predicted molar refractivity (Wildman–Crippen MR) is 76.8 cm³/mol. The van der Waals surface area contributed by atoms with Crippen molar-refractivity contribution < 1.29 is 58.2 Å². The summed E-state index contributed by atoms with van der Waals surface area (Å²) in [5, 5.41) is 16.6. The van der Waals surface area contributed by atoms with E-state index in [4.69, 9.17) is 10.2 Å². The fourth-order valence-corrected chi connectivity index (χ4v) is 0.979. The Morgan fingerprint density at radius 1 is 0.696 bits per heavy atom. The van der Waals surface area contributed by atoms with Crippen molar-refractivity contribution in [3.05, 3.63) is 60.2 Å². The van der Waals surface area contributed by atoms with Gasteiger partial charge in [-0.2, -0.15) is 0 Å². The Morgan fingerprint density at radius 3 is 1.13 bits per heavy atom. The summed E-state index contributed by atoms with van der Waals surface area (Å²) in [4.78, 5) is 27.4. The smallest absolute Gasteiger partial charge is 0.354 e. The Kier molecular flexibility index (Phi) is 24.9. The minimum absolute atomic E-state index is 0.